The maximum absolute atomic E-state index is 12.9. The number of benzene rings is 2. The standard InChI is InChI=1S/C21H22N2O2/c1-21(14-22)11-6-12-23(15-21)20(24)17-8-5-7-16(13-17)18-9-3-4-10-19(18)25-2/h3-5,7-10,13H,6,11-12,15H2,1-2H3. The molecule has 25 heavy (non-hydrogen) atoms. The molecule has 1 unspecified atom stereocenters. The van der Waals surface area contributed by atoms with E-state index in [1.807, 2.05) is 55.5 Å². The number of hydrogen-bond acceptors (Lipinski definition) is 3. The van der Waals surface area contributed by atoms with Gasteiger partial charge >= 0.3 is 0 Å². The molecule has 1 saturated heterocycles. The van der Waals surface area contributed by atoms with Gasteiger partial charge in [-0.2, -0.15) is 5.26 Å². The van der Waals surface area contributed by atoms with E-state index in [2.05, 4.69) is 6.07 Å². The number of rotatable bonds is 3. The first kappa shape index (κ1) is 17.0. The van der Waals surface area contributed by atoms with Crippen LogP contribution >= 0.6 is 0 Å². The Morgan fingerprint density at radius 1 is 1.24 bits per heavy atom. The number of para-hydroxylation sites is 1. The van der Waals surface area contributed by atoms with E-state index in [1.54, 1.807) is 12.0 Å². The van der Waals surface area contributed by atoms with E-state index in [0.29, 0.717) is 18.7 Å². The van der Waals surface area contributed by atoms with Gasteiger partial charge in [0.15, 0.2) is 0 Å². The predicted octanol–water partition coefficient (Wildman–Crippen LogP) is 4.13. The lowest BCUT2D eigenvalue weighted by atomic mass is 9.83. The SMILES string of the molecule is COc1ccccc1-c1cccc(C(=O)N2CCCC(C)(C#N)C2)c1. The van der Waals surface area contributed by atoms with E-state index in [-0.39, 0.29) is 5.91 Å². The summed E-state index contributed by atoms with van der Waals surface area (Å²) in [6, 6.07) is 17.7. The number of carbonyl (C=O) groups excluding carboxylic acids is 1. The fourth-order valence-corrected chi connectivity index (χ4v) is 3.39. The van der Waals surface area contributed by atoms with Crippen LogP contribution < -0.4 is 4.74 Å². The Labute approximate surface area is 148 Å². The van der Waals surface area contributed by atoms with Gasteiger partial charge in [0.1, 0.15) is 5.75 Å². The molecule has 0 spiro atoms. The molecule has 1 amide bonds. The van der Waals surface area contributed by atoms with E-state index in [9.17, 15) is 10.1 Å². The Kier molecular flexibility index (Phi) is 4.76. The minimum Gasteiger partial charge on any atom is -0.496 e. The van der Waals surface area contributed by atoms with Crippen molar-refractivity contribution < 1.29 is 9.53 Å². The Balaban J connectivity index is 1.89. The molecule has 0 aromatic heterocycles. The zero-order valence-corrected chi connectivity index (χ0v) is 14.7. The summed E-state index contributed by atoms with van der Waals surface area (Å²) >= 11 is 0. The van der Waals surface area contributed by atoms with E-state index in [4.69, 9.17) is 4.74 Å². The van der Waals surface area contributed by atoms with Crippen molar-refractivity contribution in [3.63, 3.8) is 0 Å². The van der Waals surface area contributed by atoms with Crippen LogP contribution in [0, 0.1) is 16.7 Å². The maximum atomic E-state index is 12.9. The maximum Gasteiger partial charge on any atom is 0.253 e. The Hall–Kier alpha value is -2.80. The van der Waals surface area contributed by atoms with Crippen LogP contribution in [-0.4, -0.2) is 31.0 Å². The fourth-order valence-electron chi connectivity index (χ4n) is 3.39. The lowest BCUT2D eigenvalue weighted by Gasteiger charge is -2.36. The van der Waals surface area contributed by atoms with Gasteiger partial charge in [-0.05, 0) is 43.5 Å². The Bertz CT molecular complexity index is 825. The second-order valence-electron chi connectivity index (χ2n) is 6.78. The highest BCUT2D eigenvalue weighted by atomic mass is 16.5. The van der Waals surface area contributed by atoms with Crippen LogP contribution in [0.4, 0.5) is 0 Å². The van der Waals surface area contributed by atoms with Gasteiger partial charge in [0, 0.05) is 24.2 Å². The van der Waals surface area contributed by atoms with Gasteiger partial charge < -0.3 is 9.64 Å². The summed E-state index contributed by atoms with van der Waals surface area (Å²) in [6.07, 6.45) is 1.70. The van der Waals surface area contributed by atoms with Crippen LogP contribution in [0.25, 0.3) is 11.1 Å². The van der Waals surface area contributed by atoms with Crippen molar-refractivity contribution in [1.29, 1.82) is 5.26 Å². The van der Waals surface area contributed by atoms with Crippen LogP contribution in [0.2, 0.25) is 0 Å². The van der Waals surface area contributed by atoms with Gasteiger partial charge in [-0.1, -0.05) is 30.3 Å². The molecule has 128 valence electrons. The molecule has 0 bridgehead atoms. The zero-order valence-electron chi connectivity index (χ0n) is 14.7. The molecule has 1 fully saturated rings. The summed E-state index contributed by atoms with van der Waals surface area (Å²) in [5.41, 5.74) is 2.10. The summed E-state index contributed by atoms with van der Waals surface area (Å²) in [7, 11) is 1.64. The molecule has 1 aliphatic heterocycles. The second-order valence-corrected chi connectivity index (χ2v) is 6.78. The monoisotopic (exact) mass is 334 g/mol. The zero-order chi connectivity index (χ0) is 17.9. The van der Waals surface area contributed by atoms with E-state index >= 15 is 0 Å². The van der Waals surface area contributed by atoms with E-state index in [1.165, 1.54) is 0 Å². The fraction of sp³-hybridized carbons (Fsp3) is 0.333. The van der Waals surface area contributed by atoms with E-state index < -0.39 is 5.41 Å². The Morgan fingerprint density at radius 3 is 2.80 bits per heavy atom. The smallest absolute Gasteiger partial charge is 0.253 e. The molecule has 4 nitrogen and oxygen atoms in total. The van der Waals surface area contributed by atoms with Crippen LogP contribution in [0.1, 0.15) is 30.1 Å². The van der Waals surface area contributed by atoms with Gasteiger partial charge in [-0.15, -0.1) is 0 Å². The molecule has 1 heterocycles. The number of ether oxygens (including phenoxy) is 1. The number of methoxy groups -OCH3 is 1. The van der Waals surface area contributed by atoms with Gasteiger partial charge in [0.25, 0.3) is 5.91 Å². The van der Waals surface area contributed by atoms with Gasteiger partial charge in [-0.25, -0.2) is 0 Å². The first-order valence-corrected chi connectivity index (χ1v) is 8.50. The lowest BCUT2D eigenvalue weighted by molar-refractivity contribution is 0.0630. The molecule has 1 aliphatic rings. The van der Waals surface area contributed by atoms with Gasteiger partial charge in [0.05, 0.1) is 18.6 Å². The molecule has 0 radical (unpaired) electrons. The summed E-state index contributed by atoms with van der Waals surface area (Å²) in [5, 5.41) is 9.37. The van der Waals surface area contributed by atoms with Crippen LogP contribution in [0.15, 0.2) is 48.5 Å². The topological polar surface area (TPSA) is 53.3 Å². The van der Waals surface area contributed by atoms with Crippen molar-refractivity contribution in [3.8, 4) is 22.9 Å². The van der Waals surface area contributed by atoms with Crippen LogP contribution in [0.5, 0.6) is 5.75 Å². The summed E-state index contributed by atoms with van der Waals surface area (Å²) < 4.78 is 5.43. The molecule has 2 aromatic carbocycles. The number of likely N-dealkylation sites (tertiary alicyclic amines) is 1. The van der Waals surface area contributed by atoms with Crippen LogP contribution in [-0.2, 0) is 0 Å². The average molecular weight is 334 g/mol. The summed E-state index contributed by atoms with van der Waals surface area (Å²) in [6.45, 7) is 3.12. The van der Waals surface area contributed by atoms with Gasteiger partial charge in [-0.3, -0.25) is 4.79 Å². The summed E-state index contributed by atoms with van der Waals surface area (Å²) in [4.78, 5) is 14.7. The molecular weight excluding hydrogens is 312 g/mol. The average Bonchev–Trinajstić information content (AvgIpc) is 2.67. The van der Waals surface area contributed by atoms with Crippen LogP contribution in [0.3, 0.4) is 0 Å². The molecule has 4 heteroatoms. The molecule has 2 aromatic rings. The van der Waals surface area contributed by atoms with Crippen molar-refractivity contribution in [1.82, 2.24) is 4.90 Å². The van der Waals surface area contributed by atoms with Crippen molar-refractivity contribution in [2.45, 2.75) is 19.8 Å². The molecular formula is C21H22N2O2. The number of hydrogen-bond donors (Lipinski definition) is 0. The third kappa shape index (κ3) is 3.51. The normalized spacial score (nSPS) is 20.0. The minimum absolute atomic E-state index is 0.0158. The lowest BCUT2D eigenvalue weighted by Crippen LogP contribution is -2.44. The summed E-state index contributed by atoms with van der Waals surface area (Å²) in [5.74, 6) is 0.764. The third-order valence-electron chi connectivity index (χ3n) is 4.78. The molecule has 0 N–H and O–H groups in total. The van der Waals surface area contributed by atoms with Crippen molar-refractivity contribution in [2.24, 2.45) is 5.41 Å². The number of nitriles is 1. The van der Waals surface area contributed by atoms with Crippen molar-refractivity contribution in [2.75, 3.05) is 20.2 Å². The number of nitrogens with zero attached hydrogens (tertiary/aromatic N) is 2. The first-order chi connectivity index (χ1) is 12.1. The number of piperidine rings is 1. The first-order valence-electron chi connectivity index (χ1n) is 8.50. The predicted molar refractivity (Wildman–Crippen MR) is 97.3 cm³/mol. The third-order valence-corrected chi connectivity index (χ3v) is 4.78. The second kappa shape index (κ2) is 6.98. The van der Waals surface area contributed by atoms with Gasteiger partial charge in [0.2, 0.25) is 0 Å². The van der Waals surface area contributed by atoms with E-state index in [0.717, 1.165) is 29.7 Å². The Morgan fingerprint density at radius 2 is 2.04 bits per heavy atom. The highest BCUT2D eigenvalue weighted by molar-refractivity contribution is 5.95. The van der Waals surface area contributed by atoms with Crippen molar-refractivity contribution >= 4 is 5.91 Å². The molecule has 1 atom stereocenters. The minimum atomic E-state index is -0.450. The highest BCUT2D eigenvalue weighted by Gasteiger charge is 2.33. The largest absolute Gasteiger partial charge is 0.496 e. The molecule has 0 aliphatic carbocycles. The highest BCUT2D eigenvalue weighted by Crippen LogP contribution is 2.32. The molecule has 0 saturated carbocycles. The number of amides is 1. The quantitative estimate of drug-likeness (QED) is 0.848. The molecule has 3 rings (SSSR count). The number of carbonyl (C=O) groups is 1. The van der Waals surface area contributed by atoms with Crippen molar-refractivity contribution in [3.05, 3.63) is 54.1 Å².